The number of ether oxygens (including phenoxy) is 13. The number of carbonyl (C=O) groups excluding carboxylic acids is 1. The predicted molar refractivity (Wildman–Crippen MR) is 274 cm³/mol. The summed E-state index contributed by atoms with van der Waals surface area (Å²) < 4.78 is 74.1. The van der Waals surface area contributed by atoms with E-state index in [1.165, 1.54) is 27.7 Å². The minimum Gasteiger partial charge on any atom is -0.454 e. The molecule has 0 spiro atoms. The minimum atomic E-state index is -1.86. The van der Waals surface area contributed by atoms with Crippen LogP contribution in [0.15, 0.2) is 34.9 Å². The molecular formula is C53H88O29. The molecule has 0 aromatic rings. The molecule has 6 heterocycles. The fourth-order valence-electron chi connectivity index (χ4n) is 10.3. The third kappa shape index (κ3) is 16.8. The van der Waals surface area contributed by atoms with Crippen LogP contribution < -0.4 is 0 Å². The van der Waals surface area contributed by atoms with Crippen molar-refractivity contribution in [2.24, 2.45) is 0 Å². The molecule has 30 atom stereocenters. The molecule has 29 nitrogen and oxygen atoms in total. The van der Waals surface area contributed by atoms with E-state index >= 15 is 0 Å². The highest BCUT2D eigenvalue weighted by atomic mass is 16.8. The SMILES string of the molecule is CC(=O)OC1C(OC2C(C)OC(OC3C(O)C(CO)OC(OCC(C)=CCCC(C)=CCCC(C)=CCOC4OC(CO)C(O)C(OC5OC(C)C(OC6OC(C)C(O)C(O)C6O)C(O)C5O)C4O)C3O)C(O)C2O)OC(C)C(O)C1O. The Balaban J connectivity index is 0.926. The van der Waals surface area contributed by atoms with Gasteiger partial charge in [0.1, 0.15) is 116 Å². The van der Waals surface area contributed by atoms with Gasteiger partial charge in [-0.15, -0.1) is 0 Å². The highest BCUT2D eigenvalue weighted by Crippen LogP contribution is 2.36. The molecule has 6 aliphatic heterocycles. The standard InChI is InChI=1S/C53H88O29/c1-20(11-9-13-21(2)15-16-70-48-41(68)45(32(59)28(17-54)77-48)81-51-39(66)36(63)43(25(6)74-51)79-50-38(65)34(61)30(57)23(4)72-50)12-10-14-22(3)19-71-49-42(69)46(33(60)29(18-55)78-49)82-52-40(67)37(64)44(26(7)75-52)80-53-47(76-27(8)56)35(62)31(58)24(5)73-53/h11,14-15,23-26,28-55,57-69H,9-10,12-13,16-19H2,1-8H3. The zero-order valence-corrected chi connectivity index (χ0v) is 47.1. The van der Waals surface area contributed by atoms with E-state index in [0.29, 0.717) is 25.7 Å². The molecule has 0 amide bonds. The number of hydrogen-bond acceptors (Lipinski definition) is 29. The van der Waals surface area contributed by atoms with Gasteiger partial charge < -0.3 is 138 Å². The molecule has 15 N–H and O–H groups in total. The lowest BCUT2D eigenvalue weighted by molar-refractivity contribution is -0.375. The summed E-state index contributed by atoms with van der Waals surface area (Å²) in [7, 11) is 0. The number of esters is 1. The summed E-state index contributed by atoms with van der Waals surface area (Å²) >= 11 is 0. The number of rotatable bonds is 23. The molecule has 0 aliphatic carbocycles. The first-order chi connectivity index (χ1) is 38.7. The summed E-state index contributed by atoms with van der Waals surface area (Å²) in [6.07, 6.45) is -36.2. The second kappa shape index (κ2) is 31.0. The molecule has 0 aromatic carbocycles. The molecule has 6 fully saturated rings. The van der Waals surface area contributed by atoms with Gasteiger partial charge in [-0.3, -0.25) is 4.79 Å². The predicted octanol–water partition coefficient (Wildman–Crippen LogP) is -5.00. The first-order valence-electron chi connectivity index (χ1n) is 27.7. The zero-order valence-electron chi connectivity index (χ0n) is 47.1. The van der Waals surface area contributed by atoms with Crippen molar-refractivity contribution in [1.29, 1.82) is 0 Å². The molecule has 0 bridgehead atoms. The van der Waals surface area contributed by atoms with Crippen LogP contribution in [-0.2, 0) is 66.4 Å². The van der Waals surface area contributed by atoms with Crippen LogP contribution in [0.2, 0.25) is 0 Å². The summed E-state index contributed by atoms with van der Waals surface area (Å²) in [4.78, 5) is 11.8. The quantitative estimate of drug-likeness (QED) is 0.0336. The molecule has 29 heteroatoms. The Morgan fingerprint density at radius 3 is 1.23 bits per heavy atom. The van der Waals surface area contributed by atoms with Crippen LogP contribution in [0.25, 0.3) is 0 Å². The van der Waals surface area contributed by atoms with Crippen molar-refractivity contribution in [1.82, 2.24) is 0 Å². The van der Waals surface area contributed by atoms with E-state index in [4.69, 9.17) is 61.6 Å². The Hall–Kier alpha value is -2.39. The molecule has 474 valence electrons. The Kier molecular flexibility index (Phi) is 26.0. The summed E-state index contributed by atoms with van der Waals surface area (Å²) in [6.45, 7) is 11.1. The van der Waals surface area contributed by atoms with Crippen molar-refractivity contribution in [2.75, 3.05) is 26.4 Å². The number of hydrogen-bond donors (Lipinski definition) is 15. The molecule has 82 heavy (non-hydrogen) atoms. The highest BCUT2D eigenvalue weighted by molar-refractivity contribution is 5.66. The zero-order chi connectivity index (χ0) is 60.6. The fourth-order valence-corrected chi connectivity index (χ4v) is 10.3. The van der Waals surface area contributed by atoms with E-state index in [1.807, 2.05) is 19.9 Å². The van der Waals surface area contributed by atoms with E-state index in [1.54, 1.807) is 13.0 Å². The molecule has 30 unspecified atom stereocenters. The first-order valence-corrected chi connectivity index (χ1v) is 27.7. The molecule has 6 saturated heterocycles. The summed E-state index contributed by atoms with van der Waals surface area (Å²) in [5, 5.41) is 160. The van der Waals surface area contributed by atoms with Crippen molar-refractivity contribution in [3.8, 4) is 0 Å². The largest absolute Gasteiger partial charge is 0.454 e. The lowest BCUT2D eigenvalue weighted by Crippen LogP contribution is -2.66. The fraction of sp³-hybridized carbons (Fsp3) is 0.868. The van der Waals surface area contributed by atoms with Gasteiger partial charge in [0.2, 0.25) is 0 Å². The molecule has 6 aliphatic rings. The maximum absolute atomic E-state index is 11.8. The molecule has 6 rings (SSSR count). The van der Waals surface area contributed by atoms with E-state index in [0.717, 1.165) is 23.6 Å². The van der Waals surface area contributed by atoms with Gasteiger partial charge in [0.15, 0.2) is 43.8 Å². The van der Waals surface area contributed by atoms with Gasteiger partial charge >= 0.3 is 5.97 Å². The van der Waals surface area contributed by atoms with Crippen molar-refractivity contribution in [3.63, 3.8) is 0 Å². The van der Waals surface area contributed by atoms with Gasteiger partial charge in [-0.1, -0.05) is 34.9 Å². The Bertz CT molecular complexity index is 2070. The lowest BCUT2D eigenvalue weighted by Gasteiger charge is -2.48. The third-order valence-electron chi connectivity index (χ3n) is 15.5. The van der Waals surface area contributed by atoms with Crippen molar-refractivity contribution < 1.29 is 143 Å². The number of aliphatic hydroxyl groups excluding tert-OH is 15. The summed E-state index contributed by atoms with van der Waals surface area (Å²) in [6, 6.07) is 0. The van der Waals surface area contributed by atoms with E-state index in [2.05, 4.69) is 6.08 Å². The minimum absolute atomic E-state index is 0.0305. The van der Waals surface area contributed by atoms with Crippen LogP contribution in [0, 0.1) is 0 Å². The van der Waals surface area contributed by atoms with Crippen LogP contribution in [0.3, 0.4) is 0 Å². The van der Waals surface area contributed by atoms with Gasteiger partial charge in [0, 0.05) is 6.92 Å². The van der Waals surface area contributed by atoms with Crippen LogP contribution in [0.4, 0.5) is 0 Å². The van der Waals surface area contributed by atoms with Gasteiger partial charge in [0.05, 0.1) is 50.8 Å². The Morgan fingerprint density at radius 1 is 0.378 bits per heavy atom. The maximum Gasteiger partial charge on any atom is 0.303 e. The Morgan fingerprint density at radius 2 is 0.756 bits per heavy atom. The maximum atomic E-state index is 11.8. The van der Waals surface area contributed by atoms with Crippen LogP contribution >= 0.6 is 0 Å². The number of allylic oxidation sites excluding steroid dienone is 4. The smallest absolute Gasteiger partial charge is 0.303 e. The van der Waals surface area contributed by atoms with Crippen molar-refractivity contribution >= 4 is 5.97 Å². The van der Waals surface area contributed by atoms with E-state index < -0.39 is 203 Å². The van der Waals surface area contributed by atoms with Gasteiger partial charge in [-0.25, -0.2) is 0 Å². The molecule has 0 aromatic heterocycles. The second-order valence-corrected chi connectivity index (χ2v) is 22.0. The van der Waals surface area contributed by atoms with Gasteiger partial charge in [-0.05, 0) is 74.1 Å². The normalized spacial score (nSPS) is 46.4. The molecule has 0 saturated carbocycles. The molecular weight excluding hydrogens is 1100 g/mol. The van der Waals surface area contributed by atoms with Crippen molar-refractivity contribution in [3.05, 3.63) is 34.9 Å². The lowest BCUT2D eigenvalue weighted by atomic mass is 9.96. The van der Waals surface area contributed by atoms with E-state index in [-0.39, 0.29) is 13.2 Å². The summed E-state index contributed by atoms with van der Waals surface area (Å²) in [5.41, 5.74) is 2.79. The van der Waals surface area contributed by atoms with Crippen LogP contribution in [0.1, 0.15) is 81.1 Å². The number of carbonyl (C=O) groups is 1. The summed E-state index contributed by atoms with van der Waals surface area (Å²) in [5.74, 6) is -0.810. The van der Waals surface area contributed by atoms with Crippen molar-refractivity contribution in [2.45, 2.75) is 265 Å². The van der Waals surface area contributed by atoms with Crippen LogP contribution in [-0.4, -0.2) is 293 Å². The average Bonchev–Trinajstić information content (AvgIpc) is 2.97. The van der Waals surface area contributed by atoms with Gasteiger partial charge in [-0.2, -0.15) is 0 Å². The van der Waals surface area contributed by atoms with Gasteiger partial charge in [0.25, 0.3) is 0 Å². The monoisotopic (exact) mass is 1190 g/mol. The van der Waals surface area contributed by atoms with E-state index in [9.17, 15) is 81.4 Å². The Labute approximate surface area is 474 Å². The first kappa shape index (κ1) is 68.7. The van der Waals surface area contributed by atoms with Crippen LogP contribution in [0.5, 0.6) is 0 Å². The highest BCUT2D eigenvalue weighted by Gasteiger charge is 2.55. The average molecular weight is 1190 g/mol. The number of aliphatic hydroxyl groups is 15. The molecule has 0 radical (unpaired) electrons. The third-order valence-corrected chi connectivity index (χ3v) is 15.5. The topological polar surface area (TPSA) is 441 Å². The second-order valence-electron chi connectivity index (χ2n) is 22.0.